The Balaban J connectivity index is 1.79. The van der Waals surface area contributed by atoms with Gasteiger partial charge in [-0.1, -0.05) is 13.0 Å². The number of nitrogens with one attached hydrogen (secondary N) is 1. The summed E-state index contributed by atoms with van der Waals surface area (Å²) in [6.45, 7) is 4.87. The predicted octanol–water partition coefficient (Wildman–Crippen LogP) is 4.32. The van der Waals surface area contributed by atoms with Crippen LogP contribution in [-0.2, 0) is 13.1 Å². The van der Waals surface area contributed by atoms with E-state index in [4.69, 9.17) is 4.42 Å². The Kier molecular flexibility index (Phi) is 4.66. The number of hydrogen-bond donors (Lipinski definition) is 1. The minimum absolute atomic E-state index is 0.644. The van der Waals surface area contributed by atoms with Gasteiger partial charge in [-0.25, -0.2) is 0 Å². The second-order valence-corrected chi connectivity index (χ2v) is 6.36. The molecule has 0 amide bonds. The molecule has 21 heavy (non-hydrogen) atoms. The Morgan fingerprint density at radius 2 is 2.19 bits per heavy atom. The predicted molar refractivity (Wildman–Crippen MR) is 89.4 cm³/mol. The third-order valence-electron chi connectivity index (χ3n) is 3.79. The highest BCUT2D eigenvalue weighted by Crippen LogP contribution is 2.37. The smallest absolute Gasteiger partial charge is 0.123 e. The Labute approximate surface area is 134 Å². The van der Waals surface area contributed by atoms with Crippen molar-refractivity contribution in [3.8, 4) is 0 Å². The standard InChI is InChI=1S/C17H21BrN2O/c1-2-19-11-13-5-8-17(16(18)10-13)20(14-6-7-14)12-15-4-3-9-21-15/h3-5,8-10,14,19H,2,6-7,11-12H2,1H3. The highest BCUT2D eigenvalue weighted by atomic mass is 79.9. The number of hydrogen-bond acceptors (Lipinski definition) is 3. The van der Waals surface area contributed by atoms with E-state index in [2.05, 4.69) is 51.3 Å². The number of furan rings is 1. The molecule has 1 saturated carbocycles. The zero-order valence-corrected chi connectivity index (χ0v) is 13.9. The van der Waals surface area contributed by atoms with Crippen LogP contribution in [0.3, 0.4) is 0 Å². The van der Waals surface area contributed by atoms with Crippen molar-refractivity contribution < 1.29 is 4.42 Å². The second-order valence-electron chi connectivity index (χ2n) is 5.50. The molecule has 0 spiro atoms. The molecule has 1 aliphatic carbocycles. The maximum absolute atomic E-state index is 5.51. The van der Waals surface area contributed by atoms with E-state index < -0.39 is 0 Å². The van der Waals surface area contributed by atoms with Crippen LogP contribution in [0.25, 0.3) is 0 Å². The first kappa shape index (κ1) is 14.7. The summed E-state index contributed by atoms with van der Waals surface area (Å²) >= 11 is 3.74. The Morgan fingerprint density at radius 1 is 1.33 bits per heavy atom. The molecular weight excluding hydrogens is 328 g/mol. The van der Waals surface area contributed by atoms with Gasteiger partial charge >= 0.3 is 0 Å². The van der Waals surface area contributed by atoms with Gasteiger partial charge in [-0.15, -0.1) is 0 Å². The molecule has 1 aromatic carbocycles. The van der Waals surface area contributed by atoms with Crippen molar-refractivity contribution in [1.82, 2.24) is 5.32 Å². The summed E-state index contributed by atoms with van der Waals surface area (Å²) < 4.78 is 6.68. The summed E-state index contributed by atoms with van der Waals surface area (Å²) in [5.74, 6) is 1.02. The van der Waals surface area contributed by atoms with Crippen molar-refractivity contribution in [3.05, 3.63) is 52.4 Å². The van der Waals surface area contributed by atoms with Crippen LogP contribution in [0.1, 0.15) is 31.1 Å². The molecule has 1 aliphatic rings. The average Bonchev–Trinajstić information content (AvgIpc) is 3.20. The van der Waals surface area contributed by atoms with E-state index in [9.17, 15) is 0 Å². The topological polar surface area (TPSA) is 28.4 Å². The van der Waals surface area contributed by atoms with Gasteiger partial charge in [-0.3, -0.25) is 0 Å². The first-order chi connectivity index (χ1) is 10.3. The van der Waals surface area contributed by atoms with Crippen molar-refractivity contribution in [2.75, 3.05) is 11.4 Å². The third kappa shape index (κ3) is 3.69. The van der Waals surface area contributed by atoms with E-state index in [0.717, 1.165) is 29.9 Å². The lowest BCUT2D eigenvalue weighted by Gasteiger charge is -2.25. The molecule has 1 aromatic heterocycles. The molecule has 1 heterocycles. The molecule has 0 aliphatic heterocycles. The summed E-state index contributed by atoms with van der Waals surface area (Å²) in [6.07, 6.45) is 4.29. The monoisotopic (exact) mass is 348 g/mol. The summed E-state index contributed by atoms with van der Waals surface area (Å²) in [5, 5.41) is 3.36. The third-order valence-corrected chi connectivity index (χ3v) is 4.43. The summed E-state index contributed by atoms with van der Waals surface area (Å²) in [5.41, 5.74) is 2.57. The van der Waals surface area contributed by atoms with E-state index >= 15 is 0 Å². The van der Waals surface area contributed by atoms with Crippen LogP contribution >= 0.6 is 15.9 Å². The largest absolute Gasteiger partial charge is 0.467 e. The molecule has 1 fully saturated rings. The van der Waals surface area contributed by atoms with Gasteiger partial charge in [-0.05, 0) is 65.1 Å². The van der Waals surface area contributed by atoms with Gasteiger partial charge < -0.3 is 14.6 Å². The molecule has 0 unspecified atom stereocenters. The van der Waals surface area contributed by atoms with Gasteiger partial charge in [-0.2, -0.15) is 0 Å². The molecule has 0 saturated heterocycles. The molecular formula is C17H21BrN2O. The molecule has 1 N–H and O–H groups in total. The quantitative estimate of drug-likeness (QED) is 0.807. The lowest BCUT2D eigenvalue weighted by molar-refractivity contribution is 0.501. The number of halogens is 1. The summed E-state index contributed by atoms with van der Waals surface area (Å²) in [4.78, 5) is 2.44. The first-order valence-electron chi connectivity index (χ1n) is 7.56. The highest BCUT2D eigenvalue weighted by Gasteiger charge is 2.30. The van der Waals surface area contributed by atoms with Crippen molar-refractivity contribution in [2.45, 2.75) is 38.9 Å². The van der Waals surface area contributed by atoms with Crippen LogP contribution in [-0.4, -0.2) is 12.6 Å². The molecule has 2 aromatic rings. The summed E-state index contributed by atoms with van der Waals surface area (Å²) in [7, 11) is 0. The minimum atomic E-state index is 0.644. The molecule has 4 heteroatoms. The zero-order valence-electron chi connectivity index (χ0n) is 12.3. The van der Waals surface area contributed by atoms with Gasteiger partial charge in [0.05, 0.1) is 18.5 Å². The van der Waals surface area contributed by atoms with Crippen molar-refractivity contribution in [1.29, 1.82) is 0 Å². The van der Waals surface area contributed by atoms with Crippen molar-refractivity contribution in [2.24, 2.45) is 0 Å². The maximum atomic E-state index is 5.51. The molecule has 0 atom stereocenters. The molecule has 0 bridgehead atoms. The number of nitrogens with zero attached hydrogens (tertiary/aromatic N) is 1. The SMILES string of the molecule is CCNCc1ccc(N(Cc2ccco2)C2CC2)c(Br)c1. The summed E-state index contributed by atoms with van der Waals surface area (Å²) in [6, 6.07) is 11.3. The van der Waals surface area contributed by atoms with Crippen LogP contribution in [0.15, 0.2) is 45.5 Å². The highest BCUT2D eigenvalue weighted by molar-refractivity contribution is 9.10. The first-order valence-corrected chi connectivity index (χ1v) is 8.35. The van der Waals surface area contributed by atoms with Crippen molar-refractivity contribution >= 4 is 21.6 Å². The number of benzene rings is 1. The van der Waals surface area contributed by atoms with Crippen LogP contribution < -0.4 is 10.2 Å². The minimum Gasteiger partial charge on any atom is -0.467 e. The van der Waals surface area contributed by atoms with E-state index in [1.807, 2.05) is 12.1 Å². The van der Waals surface area contributed by atoms with Crippen LogP contribution in [0.2, 0.25) is 0 Å². The normalized spacial score (nSPS) is 14.4. The lowest BCUT2D eigenvalue weighted by Crippen LogP contribution is -2.25. The fourth-order valence-corrected chi connectivity index (χ4v) is 3.18. The van der Waals surface area contributed by atoms with Gasteiger partial charge in [0.25, 0.3) is 0 Å². The fourth-order valence-electron chi connectivity index (χ4n) is 2.53. The zero-order chi connectivity index (χ0) is 14.7. The Hall–Kier alpha value is -1.26. The van der Waals surface area contributed by atoms with Crippen LogP contribution in [0.4, 0.5) is 5.69 Å². The van der Waals surface area contributed by atoms with Gasteiger partial charge in [0.1, 0.15) is 5.76 Å². The van der Waals surface area contributed by atoms with Crippen molar-refractivity contribution in [3.63, 3.8) is 0 Å². The molecule has 3 nitrogen and oxygen atoms in total. The van der Waals surface area contributed by atoms with Gasteiger partial charge in [0.2, 0.25) is 0 Å². The lowest BCUT2D eigenvalue weighted by atomic mass is 10.2. The van der Waals surface area contributed by atoms with Crippen LogP contribution in [0.5, 0.6) is 0 Å². The van der Waals surface area contributed by atoms with Gasteiger partial charge in [0, 0.05) is 17.1 Å². The Bertz CT molecular complexity index is 578. The average molecular weight is 349 g/mol. The maximum Gasteiger partial charge on any atom is 0.123 e. The van der Waals surface area contributed by atoms with E-state index in [0.29, 0.717) is 6.04 Å². The van der Waals surface area contributed by atoms with Gasteiger partial charge in [0.15, 0.2) is 0 Å². The molecule has 112 valence electrons. The molecule has 3 rings (SSSR count). The fraction of sp³-hybridized carbons (Fsp3) is 0.412. The number of rotatable bonds is 7. The van der Waals surface area contributed by atoms with E-state index in [1.165, 1.54) is 24.1 Å². The molecule has 0 radical (unpaired) electrons. The van der Waals surface area contributed by atoms with E-state index in [1.54, 1.807) is 6.26 Å². The van der Waals surface area contributed by atoms with Crippen LogP contribution in [0, 0.1) is 0 Å². The Morgan fingerprint density at radius 3 is 2.81 bits per heavy atom. The van der Waals surface area contributed by atoms with E-state index in [-0.39, 0.29) is 0 Å². The second kappa shape index (κ2) is 6.67. The number of anilines is 1.